The van der Waals surface area contributed by atoms with Crippen LogP contribution >= 0.6 is 11.6 Å². The first kappa shape index (κ1) is 21.4. The van der Waals surface area contributed by atoms with Gasteiger partial charge in [0.05, 0.1) is 14.2 Å². The summed E-state index contributed by atoms with van der Waals surface area (Å²) in [7, 11) is 3.18. The molecule has 0 bridgehead atoms. The molecule has 5 nitrogen and oxygen atoms in total. The highest BCUT2D eigenvalue weighted by atomic mass is 35.5. The lowest BCUT2D eigenvalue weighted by Crippen LogP contribution is -2.43. The van der Waals surface area contributed by atoms with Crippen LogP contribution < -0.4 is 14.4 Å². The van der Waals surface area contributed by atoms with Gasteiger partial charge < -0.3 is 9.47 Å². The fourth-order valence-corrected chi connectivity index (χ4v) is 4.80. The number of carbonyl (C=O) groups is 2. The van der Waals surface area contributed by atoms with Gasteiger partial charge in [-0.25, -0.2) is 0 Å². The molecular formula is C25H26ClNO4. The SMILES string of the molecule is COc1ccc([C@H]2CC(=O)N(c3ccc(Cl)cc3)C3=C2C(=O)CC(C)(C)C3)c(OC)c1. The van der Waals surface area contributed by atoms with Crippen LogP contribution in [0.5, 0.6) is 11.5 Å². The van der Waals surface area contributed by atoms with Crippen LogP contribution in [0, 0.1) is 5.41 Å². The number of hydrogen-bond donors (Lipinski definition) is 0. The normalized spacial score (nSPS) is 20.5. The van der Waals surface area contributed by atoms with Crippen molar-refractivity contribution in [2.75, 3.05) is 19.1 Å². The van der Waals surface area contributed by atoms with Gasteiger partial charge in [0.25, 0.3) is 0 Å². The Hall–Kier alpha value is -2.79. The maximum atomic E-state index is 13.4. The van der Waals surface area contributed by atoms with Crippen molar-refractivity contribution >= 4 is 29.0 Å². The van der Waals surface area contributed by atoms with E-state index in [4.69, 9.17) is 21.1 Å². The summed E-state index contributed by atoms with van der Waals surface area (Å²) in [6.45, 7) is 4.13. The molecular weight excluding hydrogens is 414 g/mol. The zero-order valence-electron chi connectivity index (χ0n) is 18.2. The van der Waals surface area contributed by atoms with Gasteiger partial charge in [-0.2, -0.15) is 0 Å². The molecule has 0 fully saturated rings. The third-order valence-electron chi connectivity index (χ3n) is 6.04. The van der Waals surface area contributed by atoms with Crippen LogP contribution in [0.1, 0.15) is 44.6 Å². The second-order valence-electron chi connectivity index (χ2n) is 8.87. The molecule has 1 aliphatic carbocycles. The first-order chi connectivity index (χ1) is 14.7. The van der Waals surface area contributed by atoms with Crippen molar-refractivity contribution in [3.05, 3.63) is 64.3 Å². The number of ether oxygens (including phenoxy) is 2. The molecule has 0 radical (unpaired) electrons. The molecule has 4 rings (SSSR count). The molecule has 0 unspecified atom stereocenters. The quantitative estimate of drug-likeness (QED) is 0.629. The molecule has 162 valence electrons. The Morgan fingerprint density at radius 1 is 1.00 bits per heavy atom. The molecule has 31 heavy (non-hydrogen) atoms. The summed E-state index contributed by atoms with van der Waals surface area (Å²) < 4.78 is 10.9. The monoisotopic (exact) mass is 439 g/mol. The Morgan fingerprint density at radius 2 is 1.71 bits per heavy atom. The smallest absolute Gasteiger partial charge is 0.232 e. The lowest BCUT2D eigenvalue weighted by molar-refractivity contribution is -0.121. The number of anilines is 1. The van der Waals surface area contributed by atoms with Crippen molar-refractivity contribution in [3.8, 4) is 11.5 Å². The minimum atomic E-state index is -0.351. The Morgan fingerprint density at radius 3 is 2.35 bits per heavy atom. The molecule has 1 heterocycles. The number of amides is 1. The van der Waals surface area contributed by atoms with Crippen molar-refractivity contribution in [1.29, 1.82) is 0 Å². The minimum absolute atomic E-state index is 0.0468. The largest absolute Gasteiger partial charge is 0.497 e. The predicted molar refractivity (Wildman–Crippen MR) is 121 cm³/mol. The van der Waals surface area contributed by atoms with Crippen molar-refractivity contribution in [3.63, 3.8) is 0 Å². The third-order valence-corrected chi connectivity index (χ3v) is 6.30. The van der Waals surface area contributed by atoms with Gasteiger partial charge in [-0.15, -0.1) is 0 Å². The fraction of sp³-hybridized carbons (Fsp3) is 0.360. The Kier molecular flexibility index (Phi) is 5.56. The Balaban J connectivity index is 1.90. The lowest BCUT2D eigenvalue weighted by atomic mass is 9.69. The molecule has 0 aromatic heterocycles. The molecule has 0 spiro atoms. The fourth-order valence-electron chi connectivity index (χ4n) is 4.68. The summed E-state index contributed by atoms with van der Waals surface area (Å²) in [5.41, 5.74) is 2.81. The molecule has 0 N–H and O–H groups in total. The number of hydrogen-bond acceptors (Lipinski definition) is 4. The van der Waals surface area contributed by atoms with Crippen LogP contribution in [0.4, 0.5) is 5.69 Å². The van der Waals surface area contributed by atoms with E-state index >= 15 is 0 Å². The molecule has 2 aromatic rings. The molecule has 0 saturated heterocycles. The molecule has 6 heteroatoms. The van der Waals surface area contributed by atoms with E-state index in [0.29, 0.717) is 34.9 Å². The Bertz CT molecular complexity index is 1070. The molecule has 1 amide bonds. The standard InChI is InChI=1S/C25H26ClNO4/c1-25(2)13-20-24(21(28)14-25)19(18-10-9-17(30-3)11-22(18)31-4)12-23(29)27(20)16-7-5-15(26)6-8-16/h5-11,19H,12-14H2,1-4H3/t19-/m1/s1. The highest BCUT2D eigenvalue weighted by Crippen LogP contribution is 2.49. The summed E-state index contributed by atoms with van der Waals surface area (Å²) in [5, 5.41) is 0.600. The van der Waals surface area contributed by atoms with E-state index in [1.54, 1.807) is 37.3 Å². The van der Waals surface area contributed by atoms with E-state index in [2.05, 4.69) is 13.8 Å². The molecule has 2 aromatic carbocycles. The van der Waals surface area contributed by atoms with Gasteiger partial charge in [0.1, 0.15) is 11.5 Å². The van der Waals surface area contributed by atoms with Gasteiger partial charge in [-0.3, -0.25) is 14.5 Å². The number of carbonyl (C=O) groups excluding carboxylic acids is 2. The van der Waals surface area contributed by atoms with Gasteiger partial charge in [-0.05, 0) is 42.2 Å². The van der Waals surface area contributed by atoms with Gasteiger partial charge in [0.2, 0.25) is 5.91 Å². The van der Waals surface area contributed by atoms with E-state index < -0.39 is 0 Å². The van der Waals surface area contributed by atoms with Crippen LogP contribution in [-0.4, -0.2) is 25.9 Å². The topological polar surface area (TPSA) is 55.8 Å². The molecule has 2 aliphatic rings. The summed E-state index contributed by atoms with van der Waals surface area (Å²) in [6.07, 6.45) is 1.27. The average molecular weight is 440 g/mol. The first-order valence-corrected chi connectivity index (χ1v) is 10.7. The van der Waals surface area contributed by atoms with Crippen LogP contribution in [0.2, 0.25) is 5.02 Å². The number of ketones is 1. The molecule has 1 atom stereocenters. The number of Topliss-reactive ketones (excluding diaryl/α,β-unsaturated/α-hetero) is 1. The maximum Gasteiger partial charge on any atom is 0.232 e. The van der Waals surface area contributed by atoms with Gasteiger partial charge in [0, 0.05) is 52.4 Å². The van der Waals surface area contributed by atoms with Crippen molar-refractivity contribution < 1.29 is 19.1 Å². The van der Waals surface area contributed by atoms with Gasteiger partial charge >= 0.3 is 0 Å². The van der Waals surface area contributed by atoms with Crippen LogP contribution in [0.15, 0.2) is 53.7 Å². The number of halogens is 1. The van der Waals surface area contributed by atoms with E-state index in [1.807, 2.05) is 24.3 Å². The highest BCUT2D eigenvalue weighted by molar-refractivity contribution is 6.30. The second-order valence-corrected chi connectivity index (χ2v) is 9.31. The predicted octanol–water partition coefficient (Wildman–Crippen LogP) is 5.52. The zero-order valence-corrected chi connectivity index (χ0v) is 19.0. The van der Waals surface area contributed by atoms with Crippen molar-refractivity contribution in [2.45, 2.75) is 39.0 Å². The molecule has 0 saturated carbocycles. The summed E-state index contributed by atoms with van der Waals surface area (Å²) >= 11 is 6.06. The summed E-state index contributed by atoms with van der Waals surface area (Å²) in [6, 6.07) is 12.7. The second kappa shape index (κ2) is 8.04. The van der Waals surface area contributed by atoms with Crippen LogP contribution in [0.3, 0.4) is 0 Å². The van der Waals surface area contributed by atoms with E-state index in [9.17, 15) is 9.59 Å². The van der Waals surface area contributed by atoms with Gasteiger partial charge in [0.15, 0.2) is 5.78 Å². The number of methoxy groups -OCH3 is 2. The van der Waals surface area contributed by atoms with Crippen molar-refractivity contribution in [2.24, 2.45) is 5.41 Å². The Labute approximate surface area is 187 Å². The van der Waals surface area contributed by atoms with E-state index in [-0.39, 0.29) is 29.4 Å². The molecule has 1 aliphatic heterocycles. The number of rotatable bonds is 4. The third kappa shape index (κ3) is 3.94. The number of nitrogens with zero attached hydrogens (tertiary/aromatic N) is 1. The van der Waals surface area contributed by atoms with E-state index in [1.165, 1.54) is 0 Å². The zero-order chi connectivity index (χ0) is 22.3. The summed E-state index contributed by atoms with van der Waals surface area (Å²) in [5.74, 6) is 0.961. The number of allylic oxidation sites excluding steroid dienone is 2. The first-order valence-electron chi connectivity index (χ1n) is 10.3. The van der Waals surface area contributed by atoms with Crippen LogP contribution in [0.25, 0.3) is 0 Å². The van der Waals surface area contributed by atoms with Crippen LogP contribution in [-0.2, 0) is 9.59 Å². The lowest BCUT2D eigenvalue weighted by Gasteiger charge is -2.43. The van der Waals surface area contributed by atoms with Gasteiger partial charge in [-0.1, -0.05) is 31.5 Å². The van der Waals surface area contributed by atoms with Crippen molar-refractivity contribution in [1.82, 2.24) is 0 Å². The van der Waals surface area contributed by atoms with E-state index in [0.717, 1.165) is 16.9 Å². The summed E-state index contributed by atoms with van der Waals surface area (Å²) in [4.78, 5) is 28.6. The highest BCUT2D eigenvalue weighted by Gasteiger charge is 2.45. The average Bonchev–Trinajstić information content (AvgIpc) is 2.72. The minimum Gasteiger partial charge on any atom is -0.497 e. The number of benzene rings is 2. The maximum absolute atomic E-state index is 13.4.